The van der Waals surface area contributed by atoms with E-state index >= 15 is 0 Å². The zero-order valence-electron chi connectivity index (χ0n) is 15.8. The molecule has 1 N–H and O–H groups in total. The van der Waals surface area contributed by atoms with Crippen LogP contribution >= 0.6 is 0 Å². The molecule has 0 unspecified atom stereocenters. The largest absolute Gasteiger partial charge is 0.336 e. The van der Waals surface area contributed by atoms with Crippen molar-refractivity contribution in [1.82, 2.24) is 9.80 Å². The van der Waals surface area contributed by atoms with Crippen molar-refractivity contribution in [1.29, 1.82) is 0 Å². The molecular formula is C21H23F2N3O2. The van der Waals surface area contributed by atoms with Gasteiger partial charge in [0.15, 0.2) is 0 Å². The molecule has 1 saturated heterocycles. The molecule has 0 aromatic heterocycles. The number of carbonyl (C=O) groups is 2. The highest BCUT2D eigenvalue weighted by molar-refractivity contribution is 5.95. The number of piperazine rings is 1. The molecule has 0 bridgehead atoms. The fourth-order valence-corrected chi connectivity index (χ4v) is 3.29. The summed E-state index contributed by atoms with van der Waals surface area (Å²) in [6, 6.07) is 10.6. The number of para-hydroxylation sites is 1. The lowest BCUT2D eigenvalue weighted by molar-refractivity contribution is -0.117. The van der Waals surface area contributed by atoms with Gasteiger partial charge in [-0.15, -0.1) is 0 Å². The highest BCUT2D eigenvalue weighted by atomic mass is 19.1. The second-order valence-corrected chi connectivity index (χ2v) is 6.75. The van der Waals surface area contributed by atoms with Gasteiger partial charge in [-0.25, -0.2) is 8.78 Å². The molecule has 28 heavy (non-hydrogen) atoms. The standard InChI is InChI=1S/C21H23F2N3O2/c1-2-15-5-3-4-6-19(15)24-20(27)14-25-9-11-26(12-10-25)21(28)17-8-7-16(22)13-18(17)23/h3-8,13H,2,9-12,14H2,1H3,(H,24,27). The Kier molecular flexibility index (Phi) is 6.36. The lowest BCUT2D eigenvalue weighted by atomic mass is 10.1. The topological polar surface area (TPSA) is 52.7 Å². The van der Waals surface area contributed by atoms with Crippen LogP contribution in [-0.2, 0) is 11.2 Å². The number of hydrogen-bond acceptors (Lipinski definition) is 3. The summed E-state index contributed by atoms with van der Waals surface area (Å²) in [4.78, 5) is 28.3. The Morgan fingerprint density at radius 3 is 2.43 bits per heavy atom. The molecule has 1 aliphatic heterocycles. The Labute approximate surface area is 162 Å². The van der Waals surface area contributed by atoms with Gasteiger partial charge in [-0.05, 0) is 30.2 Å². The Bertz CT molecular complexity index is 864. The summed E-state index contributed by atoms with van der Waals surface area (Å²) in [7, 11) is 0. The average molecular weight is 387 g/mol. The molecular weight excluding hydrogens is 364 g/mol. The number of benzene rings is 2. The molecule has 148 valence electrons. The van der Waals surface area contributed by atoms with Gasteiger partial charge in [0.2, 0.25) is 5.91 Å². The van der Waals surface area contributed by atoms with Gasteiger partial charge in [0, 0.05) is 37.9 Å². The number of amides is 2. The van der Waals surface area contributed by atoms with Crippen molar-refractivity contribution in [2.45, 2.75) is 13.3 Å². The Morgan fingerprint density at radius 1 is 1.04 bits per heavy atom. The number of halogens is 2. The van der Waals surface area contributed by atoms with E-state index in [-0.39, 0.29) is 18.0 Å². The van der Waals surface area contributed by atoms with Crippen molar-refractivity contribution < 1.29 is 18.4 Å². The van der Waals surface area contributed by atoms with E-state index in [2.05, 4.69) is 5.32 Å². The van der Waals surface area contributed by atoms with Crippen LogP contribution in [0.3, 0.4) is 0 Å². The predicted molar refractivity (Wildman–Crippen MR) is 103 cm³/mol. The molecule has 0 aliphatic carbocycles. The maximum absolute atomic E-state index is 13.8. The first-order valence-corrected chi connectivity index (χ1v) is 9.32. The van der Waals surface area contributed by atoms with E-state index < -0.39 is 17.5 Å². The molecule has 0 spiro atoms. The van der Waals surface area contributed by atoms with Gasteiger partial charge in [0.25, 0.3) is 5.91 Å². The van der Waals surface area contributed by atoms with Gasteiger partial charge in [0.05, 0.1) is 12.1 Å². The highest BCUT2D eigenvalue weighted by Gasteiger charge is 2.25. The molecule has 0 atom stereocenters. The quantitative estimate of drug-likeness (QED) is 0.858. The first kappa shape index (κ1) is 19.9. The van der Waals surface area contributed by atoms with Crippen molar-refractivity contribution in [3.05, 3.63) is 65.2 Å². The minimum Gasteiger partial charge on any atom is -0.336 e. The summed E-state index contributed by atoms with van der Waals surface area (Å²) in [5.41, 5.74) is 1.76. The fraction of sp³-hybridized carbons (Fsp3) is 0.333. The van der Waals surface area contributed by atoms with E-state index in [0.29, 0.717) is 32.2 Å². The summed E-state index contributed by atoms with van der Waals surface area (Å²) in [5.74, 6) is -2.14. The van der Waals surface area contributed by atoms with Crippen LogP contribution in [0.4, 0.5) is 14.5 Å². The molecule has 0 radical (unpaired) electrons. The zero-order valence-corrected chi connectivity index (χ0v) is 15.8. The second-order valence-electron chi connectivity index (χ2n) is 6.75. The van der Waals surface area contributed by atoms with Crippen LogP contribution in [0.25, 0.3) is 0 Å². The molecule has 1 heterocycles. The molecule has 1 fully saturated rings. The number of aryl methyl sites for hydroxylation is 1. The zero-order chi connectivity index (χ0) is 20.1. The lowest BCUT2D eigenvalue weighted by Crippen LogP contribution is -2.50. The van der Waals surface area contributed by atoms with E-state index in [9.17, 15) is 18.4 Å². The van der Waals surface area contributed by atoms with Crippen LogP contribution in [0, 0.1) is 11.6 Å². The monoisotopic (exact) mass is 387 g/mol. The van der Waals surface area contributed by atoms with Gasteiger partial charge in [-0.2, -0.15) is 0 Å². The number of anilines is 1. The van der Waals surface area contributed by atoms with Gasteiger partial charge in [-0.1, -0.05) is 25.1 Å². The third kappa shape index (κ3) is 4.72. The first-order valence-electron chi connectivity index (χ1n) is 9.32. The lowest BCUT2D eigenvalue weighted by Gasteiger charge is -2.34. The van der Waals surface area contributed by atoms with Crippen LogP contribution in [0.2, 0.25) is 0 Å². The van der Waals surface area contributed by atoms with E-state index in [0.717, 1.165) is 29.8 Å². The SMILES string of the molecule is CCc1ccccc1NC(=O)CN1CCN(C(=O)c2ccc(F)cc2F)CC1. The summed E-state index contributed by atoms with van der Waals surface area (Å²) in [5, 5.41) is 2.94. The highest BCUT2D eigenvalue weighted by Crippen LogP contribution is 2.16. The normalized spacial score (nSPS) is 14.8. The molecule has 2 amide bonds. The molecule has 2 aromatic carbocycles. The number of hydrogen-bond donors (Lipinski definition) is 1. The van der Waals surface area contributed by atoms with Gasteiger partial charge < -0.3 is 10.2 Å². The van der Waals surface area contributed by atoms with E-state index in [1.165, 1.54) is 4.90 Å². The molecule has 5 nitrogen and oxygen atoms in total. The van der Waals surface area contributed by atoms with Crippen LogP contribution in [0.15, 0.2) is 42.5 Å². The van der Waals surface area contributed by atoms with Crippen LogP contribution in [-0.4, -0.2) is 54.3 Å². The van der Waals surface area contributed by atoms with E-state index in [1.54, 1.807) is 0 Å². The first-order chi connectivity index (χ1) is 13.5. The molecule has 0 saturated carbocycles. The van der Waals surface area contributed by atoms with Crippen LogP contribution in [0.5, 0.6) is 0 Å². The average Bonchev–Trinajstić information content (AvgIpc) is 2.68. The van der Waals surface area contributed by atoms with Crippen LogP contribution in [0.1, 0.15) is 22.8 Å². The summed E-state index contributed by atoms with van der Waals surface area (Å²) >= 11 is 0. The number of nitrogens with zero attached hydrogens (tertiary/aromatic N) is 2. The van der Waals surface area contributed by atoms with Crippen molar-refractivity contribution in [3.8, 4) is 0 Å². The molecule has 7 heteroatoms. The predicted octanol–water partition coefficient (Wildman–Crippen LogP) is 2.92. The number of nitrogens with one attached hydrogen (secondary N) is 1. The molecule has 2 aromatic rings. The van der Waals surface area contributed by atoms with E-state index in [1.807, 2.05) is 36.1 Å². The maximum atomic E-state index is 13.8. The summed E-state index contributed by atoms with van der Waals surface area (Å²) in [6.45, 7) is 4.05. The summed E-state index contributed by atoms with van der Waals surface area (Å²) < 4.78 is 26.8. The third-order valence-corrected chi connectivity index (χ3v) is 4.86. The number of carbonyl (C=O) groups excluding carboxylic acids is 2. The van der Waals surface area contributed by atoms with Crippen molar-refractivity contribution in [2.75, 3.05) is 38.0 Å². The van der Waals surface area contributed by atoms with Crippen LogP contribution < -0.4 is 5.32 Å². The fourth-order valence-electron chi connectivity index (χ4n) is 3.29. The third-order valence-electron chi connectivity index (χ3n) is 4.86. The van der Waals surface area contributed by atoms with E-state index in [4.69, 9.17) is 0 Å². The van der Waals surface area contributed by atoms with Gasteiger partial charge in [0.1, 0.15) is 11.6 Å². The Balaban J connectivity index is 1.52. The van der Waals surface area contributed by atoms with Gasteiger partial charge >= 0.3 is 0 Å². The second kappa shape index (κ2) is 8.93. The molecule has 3 rings (SSSR count). The minimum atomic E-state index is -0.860. The molecule has 1 aliphatic rings. The smallest absolute Gasteiger partial charge is 0.256 e. The maximum Gasteiger partial charge on any atom is 0.256 e. The minimum absolute atomic E-state index is 0.106. The van der Waals surface area contributed by atoms with Crippen molar-refractivity contribution in [2.24, 2.45) is 0 Å². The number of rotatable bonds is 5. The Morgan fingerprint density at radius 2 is 1.75 bits per heavy atom. The van der Waals surface area contributed by atoms with Crippen molar-refractivity contribution >= 4 is 17.5 Å². The summed E-state index contributed by atoms with van der Waals surface area (Å²) in [6.07, 6.45) is 0.831. The Hall–Kier alpha value is -2.80. The van der Waals surface area contributed by atoms with Gasteiger partial charge in [-0.3, -0.25) is 14.5 Å². The van der Waals surface area contributed by atoms with Crippen molar-refractivity contribution in [3.63, 3.8) is 0 Å².